The van der Waals surface area contributed by atoms with Crippen molar-refractivity contribution < 1.29 is 4.42 Å². The average Bonchev–Trinajstić information content (AvgIpc) is 3.14. The molecule has 20 heavy (non-hydrogen) atoms. The minimum absolute atomic E-state index is 0.655. The summed E-state index contributed by atoms with van der Waals surface area (Å²) >= 11 is 4.82. The van der Waals surface area contributed by atoms with Gasteiger partial charge in [-0.1, -0.05) is 11.3 Å². The van der Waals surface area contributed by atoms with Crippen LogP contribution in [0.4, 0.5) is 0 Å². The van der Waals surface area contributed by atoms with E-state index in [1.807, 2.05) is 18.2 Å². The second kappa shape index (κ2) is 4.50. The molecule has 0 radical (unpaired) electrons. The number of fused-ring (bicyclic) bond motifs is 1. The van der Waals surface area contributed by atoms with E-state index in [9.17, 15) is 0 Å². The summed E-state index contributed by atoms with van der Waals surface area (Å²) in [5, 5.41) is 13.6. The smallest absolute Gasteiger partial charge is 0.235 e. The lowest BCUT2D eigenvalue weighted by atomic mass is 10.3. The molecular weight excluding hydrogens is 342 g/mol. The van der Waals surface area contributed by atoms with Crippen LogP contribution in [0.25, 0.3) is 27.1 Å². The van der Waals surface area contributed by atoms with Gasteiger partial charge in [-0.25, -0.2) is 0 Å². The zero-order valence-corrected chi connectivity index (χ0v) is 12.3. The van der Waals surface area contributed by atoms with Gasteiger partial charge in [0.25, 0.3) is 0 Å². The van der Waals surface area contributed by atoms with E-state index in [0.29, 0.717) is 10.8 Å². The van der Waals surface area contributed by atoms with Crippen molar-refractivity contribution in [3.8, 4) is 22.2 Å². The van der Waals surface area contributed by atoms with E-state index in [2.05, 4.69) is 36.2 Å². The maximum Gasteiger partial charge on any atom is 0.235 e. The van der Waals surface area contributed by atoms with Gasteiger partial charge in [-0.15, -0.1) is 15.3 Å². The van der Waals surface area contributed by atoms with Crippen molar-refractivity contribution in [3.63, 3.8) is 0 Å². The van der Waals surface area contributed by atoms with Crippen LogP contribution in [0.3, 0.4) is 0 Å². The number of halogens is 1. The van der Waals surface area contributed by atoms with Crippen LogP contribution in [0.5, 0.6) is 0 Å². The molecule has 0 N–H and O–H groups in total. The summed E-state index contributed by atoms with van der Waals surface area (Å²) in [6, 6.07) is 5.62. The van der Waals surface area contributed by atoms with Crippen LogP contribution >= 0.6 is 27.3 Å². The van der Waals surface area contributed by atoms with Crippen molar-refractivity contribution >= 4 is 32.2 Å². The fourth-order valence-electron chi connectivity index (χ4n) is 1.83. The fourth-order valence-corrected chi connectivity index (χ4v) is 3.00. The third-order valence-corrected chi connectivity index (χ3v) is 4.03. The largest absolute Gasteiger partial charge is 0.462 e. The number of hydrogen-bond acceptors (Lipinski definition) is 6. The third kappa shape index (κ3) is 1.84. The predicted molar refractivity (Wildman–Crippen MR) is 77.3 cm³/mol. The topological polar surface area (TPSA) is 69.1 Å². The minimum Gasteiger partial charge on any atom is -0.462 e. The number of rotatable bonds is 2. The molecule has 6 nitrogen and oxygen atoms in total. The van der Waals surface area contributed by atoms with Gasteiger partial charge in [0.15, 0.2) is 16.6 Å². The molecule has 0 spiro atoms. The lowest BCUT2D eigenvalue weighted by Gasteiger charge is -1.96. The Kier molecular flexibility index (Phi) is 2.64. The van der Waals surface area contributed by atoms with Crippen LogP contribution in [-0.4, -0.2) is 24.8 Å². The number of hydrogen-bond donors (Lipinski definition) is 0. The van der Waals surface area contributed by atoms with Crippen molar-refractivity contribution in [2.45, 2.75) is 0 Å². The van der Waals surface area contributed by atoms with Gasteiger partial charge in [0.1, 0.15) is 0 Å². The molecule has 0 saturated carbocycles. The Labute approximate surface area is 125 Å². The van der Waals surface area contributed by atoms with Crippen molar-refractivity contribution in [2.75, 3.05) is 0 Å². The molecule has 0 amide bonds. The lowest BCUT2D eigenvalue weighted by molar-refractivity contribution is 0.580. The first kappa shape index (κ1) is 11.7. The van der Waals surface area contributed by atoms with E-state index < -0.39 is 0 Å². The van der Waals surface area contributed by atoms with Crippen LogP contribution in [0.2, 0.25) is 0 Å². The first-order valence-electron chi connectivity index (χ1n) is 5.68. The summed E-state index contributed by atoms with van der Waals surface area (Å²) in [4.78, 5) is 4.85. The van der Waals surface area contributed by atoms with Gasteiger partial charge in [0.2, 0.25) is 4.96 Å². The van der Waals surface area contributed by atoms with E-state index in [0.717, 1.165) is 20.8 Å². The van der Waals surface area contributed by atoms with Crippen molar-refractivity contribution in [1.82, 2.24) is 24.8 Å². The van der Waals surface area contributed by atoms with E-state index in [1.165, 1.54) is 11.3 Å². The summed E-state index contributed by atoms with van der Waals surface area (Å²) in [5.74, 6) is 1.38. The SMILES string of the molecule is Brc1cncc(-c2nnc3sc(-c4ccco4)nn23)c1. The molecule has 0 aliphatic carbocycles. The molecular formula is C12H6BrN5OS. The Morgan fingerprint density at radius 2 is 2.20 bits per heavy atom. The van der Waals surface area contributed by atoms with Gasteiger partial charge in [0.05, 0.1) is 6.26 Å². The summed E-state index contributed by atoms with van der Waals surface area (Å²) in [6.07, 6.45) is 5.07. The second-order valence-electron chi connectivity index (χ2n) is 3.99. The van der Waals surface area contributed by atoms with Crippen molar-refractivity contribution in [2.24, 2.45) is 0 Å². The Morgan fingerprint density at radius 1 is 1.25 bits per heavy atom. The Balaban J connectivity index is 1.89. The molecule has 0 aromatic carbocycles. The maximum atomic E-state index is 5.35. The van der Waals surface area contributed by atoms with Gasteiger partial charge in [-0.05, 0) is 34.1 Å². The number of aromatic nitrogens is 5. The molecule has 4 rings (SSSR count). The summed E-state index contributed by atoms with van der Waals surface area (Å²) < 4.78 is 7.93. The number of furan rings is 1. The molecule has 0 unspecified atom stereocenters. The Morgan fingerprint density at radius 3 is 3.00 bits per heavy atom. The van der Waals surface area contributed by atoms with Crippen molar-refractivity contribution in [3.05, 3.63) is 41.3 Å². The second-order valence-corrected chi connectivity index (χ2v) is 5.87. The van der Waals surface area contributed by atoms with E-state index >= 15 is 0 Å². The molecule has 0 aliphatic rings. The van der Waals surface area contributed by atoms with Crippen molar-refractivity contribution in [1.29, 1.82) is 0 Å². The van der Waals surface area contributed by atoms with Gasteiger partial charge < -0.3 is 4.42 Å². The van der Waals surface area contributed by atoms with Crippen LogP contribution in [-0.2, 0) is 0 Å². The summed E-state index contributed by atoms with van der Waals surface area (Å²) in [7, 11) is 0. The molecule has 8 heteroatoms. The molecule has 4 heterocycles. The quantitative estimate of drug-likeness (QED) is 0.556. The summed E-state index contributed by atoms with van der Waals surface area (Å²) in [6.45, 7) is 0. The van der Waals surface area contributed by atoms with E-state index in [1.54, 1.807) is 23.2 Å². The highest BCUT2D eigenvalue weighted by Crippen LogP contribution is 2.28. The lowest BCUT2D eigenvalue weighted by Crippen LogP contribution is -1.91. The summed E-state index contributed by atoms with van der Waals surface area (Å²) in [5.41, 5.74) is 0.850. The van der Waals surface area contributed by atoms with Crippen LogP contribution in [0, 0.1) is 0 Å². The monoisotopic (exact) mass is 347 g/mol. The highest BCUT2D eigenvalue weighted by Gasteiger charge is 2.15. The zero-order chi connectivity index (χ0) is 13.5. The first-order valence-corrected chi connectivity index (χ1v) is 7.29. The third-order valence-electron chi connectivity index (χ3n) is 2.69. The molecule has 0 saturated heterocycles. The predicted octanol–water partition coefficient (Wildman–Crippen LogP) is 3.27. The molecule has 0 bridgehead atoms. The Bertz CT molecular complexity index is 882. The van der Waals surface area contributed by atoms with E-state index in [-0.39, 0.29) is 0 Å². The minimum atomic E-state index is 0.655. The van der Waals surface area contributed by atoms with Gasteiger partial charge in [0, 0.05) is 22.4 Å². The maximum absolute atomic E-state index is 5.35. The molecule has 4 aromatic rings. The number of pyridine rings is 1. The highest BCUT2D eigenvalue weighted by atomic mass is 79.9. The molecule has 98 valence electrons. The molecule has 4 aromatic heterocycles. The van der Waals surface area contributed by atoms with Gasteiger partial charge in [-0.3, -0.25) is 4.98 Å². The Hall–Kier alpha value is -2.06. The molecule has 0 atom stereocenters. The molecule has 0 fully saturated rings. The van der Waals surface area contributed by atoms with Crippen LogP contribution < -0.4 is 0 Å². The number of nitrogens with zero attached hydrogens (tertiary/aromatic N) is 5. The molecule has 0 aliphatic heterocycles. The first-order chi connectivity index (χ1) is 9.81. The fraction of sp³-hybridized carbons (Fsp3) is 0. The average molecular weight is 348 g/mol. The standard InChI is InChI=1S/C12H6BrN5OS/c13-8-4-7(5-14-6-8)10-15-16-12-18(10)17-11(20-12)9-2-1-3-19-9/h1-6H. The highest BCUT2D eigenvalue weighted by molar-refractivity contribution is 9.10. The normalized spacial score (nSPS) is 11.2. The zero-order valence-electron chi connectivity index (χ0n) is 9.89. The van der Waals surface area contributed by atoms with Crippen LogP contribution in [0.15, 0.2) is 45.7 Å². The van der Waals surface area contributed by atoms with Crippen LogP contribution in [0.1, 0.15) is 0 Å². The van der Waals surface area contributed by atoms with E-state index in [4.69, 9.17) is 4.42 Å². The van der Waals surface area contributed by atoms with Gasteiger partial charge in [-0.2, -0.15) is 4.52 Å². The van der Waals surface area contributed by atoms with Gasteiger partial charge >= 0.3 is 0 Å².